The topological polar surface area (TPSA) is 26.0 Å². The molecule has 0 aliphatic heterocycles. The van der Waals surface area contributed by atoms with Crippen molar-refractivity contribution < 1.29 is 0 Å². The highest BCUT2D eigenvalue weighted by atomic mass is 35.5. The van der Waals surface area contributed by atoms with Gasteiger partial charge in [0, 0.05) is 11.1 Å². The summed E-state index contributed by atoms with van der Waals surface area (Å²) >= 11 is 5.88. The molecule has 1 saturated carbocycles. The molecular weight excluding hydrogens is 230 g/mol. The third kappa shape index (κ3) is 2.11. The zero-order chi connectivity index (χ0) is 12.8. The Morgan fingerprint density at radius 3 is 2.00 bits per heavy atom. The average Bonchev–Trinajstić information content (AvgIpc) is 2.61. The van der Waals surface area contributed by atoms with Gasteiger partial charge in [0.1, 0.15) is 0 Å². The molecule has 1 aromatic carbocycles. The van der Waals surface area contributed by atoms with Crippen LogP contribution in [-0.4, -0.2) is 6.04 Å². The van der Waals surface area contributed by atoms with E-state index >= 15 is 0 Å². The molecule has 1 fully saturated rings. The Morgan fingerprint density at radius 2 is 1.59 bits per heavy atom. The van der Waals surface area contributed by atoms with Crippen LogP contribution in [0.3, 0.4) is 0 Å². The molecule has 0 aromatic heterocycles. The second-order valence-electron chi connectivity index (χ2n) is 6.42. The lowest BCUT2D eigenvalue weighted by atomic mass is 9.98. The lowest BCUT2D eigenvalue weighted by Gasteiger charge is -2.14. The van der Waals surface area contributed by atoms with Gasteiger partial charge in [-0.05, 0) is 40.9 Å². The van der Waals surface area contributed by atoms with Gasteiger partial charge in [-0.15, -0.1) is 0 Å². The van der Waals surface area contributed by atoms with Gasteiger partial charge < -0.3 is 5.73 Å². The van der Waals surface area contributed by atoms with Crippen LogP contribution < -0.4 is 5.73 Å². The molecule has 1 atom stereocenters. The molecule has 0 radical (unpaired) electrons. The molecule has 1 unspecified atom stereocenters. The van der Waals surface area contributed by atoms with E-state index in [-0.39, 0.29) is 6.04 Å². The standard InChI is InChI=1S/C15H22ClN/c1-14(2)13(15(14,3)4)12(17)9-10-5-7-11(16)8-6-10/h5-8,12-13H,9,17H2,1-4H3. The van der Waals surface area contributed by atoms with Crippen LogP contribution in [-0.2, 0) is 6.42 Å². The number of nitrogens with two attached hydrogens (primary N) is 1. The minimum Gasteiger partial charge on any atom is -0.327 e. The predicted octanol–water partition coefficient (Wildman–Crippen LogP) is 3.89. The summed E-state index contributed by atoms with van der Waals surface area (Å²) in [7, 11) is 0. The normalized spacial score (nSPS) is 23.4. The third-order valence-electron chi connectivity index (χ3n) is 4.95. The smallest absolute Gasteiger partial charge is 0.0406 e. The molecule has 0 heterocycles. The van der Waals surface area contributed by atoms with Crippen molar-refractivity contribution in [1.82, 2.24) is 0 Å². The van der Waals surface area contributed by atoms with Gasteiger partial charge >= 0.3 is 0 Å². The summed E-state index contributed by atoms with van der Waals surface area (Å²) in [4.78, 5) is 0. The van der Waals surface area contributed by atoms with Gasteiger partial charge in [0.15, 0.2) is 0 Å². The minimum atomic E-state index is 0.237. The molecule has 0 bridgehead atoms. The fraction of sp³-hybridized carbons (Fsp3) is 0.600. The Hall–Kier alpha value is -0.530. The van der Waals surface area contributed by atoms with Crippen molar-refractivity contribution in [2.45, 2.75) is 40.2 Å². The maximum Gasteiger partial charge on any atom is 0.0406 e. The second-order valence-corrected chi connectivity index (χ2v) is 6.85. The molecule has 2 rings (SSSR count). The molecular formula is C15H22ClN. The summed E-state index contributed by atoms with van der Waals surface area (Å²) in [5.41, 5.74) is 8.37. The SMILES string of the molecule is CC1(C)C(C(N)Cc2ccc(Cl)cc2)C1(C)C. The Kier molecular flexibility index (Phi) is 3.04. The van der Waals surface area contributed by atoms with Crippen molar-refractivity contribution in [3.05, 3.63) is 34.9 Å². The molecule has 0 amide bonds. The zero-order valence-electron chi connectivity index (χ0n) is 11.1. The highest BCUT2D eigenvalue weighted by molar-refractivity contribution is 6.30. The van der Waals surface area contributed by atoms with Crippen LogP contribution >= 0.6 is 11.6 Å². The van der Waals surface area contributed by atoms with Gasteiger partial charge in [0.25, 0.3) is 0 Å². The Morgan fingerprint density at radius 1 is 1.12 bits per heavy atom. The second kappa shape index (κ2) is 4.00. The van der Waals surface area contributed by atoms with Gasteiger partial charge in [-0.1, -0.05) is 51.4 Å². The van der Waals surface area contributed by atoms with Gasteiger partial charge in [-0.25, -0.2) is 0 Å². The maximum absolute atomic E-state index is 6.37. The fourth-order valence-electron chi connectivity index (χ4n) is 3.33. The molecule has 0 saturated heterocycles. The number of halogens is 1. The van der Waals surface area contributed by atoms with Crippen LogP contribution in [0.4, 0.5) is 0 Å². The maximum atomic E-state index is 6.37. The molecule has 1 aliphatic rings. The first-order valence-electron chi connectivity index (χ1n) is 6.27. The van der Waals surface area contributed by atoms with Crippen LogP contribution in [0.15, 0.2) is 24.3 Å². The summed E-state index contributed by atoms with van der Waals surface area (Å²) in [6.45, 7) is 9.28. The molecule has 1 nitrogen and oxygen atoms in total. The van der Waals surface area contributed by atoms with E-state index < -0.39 is 0 Å². The monoisotopic (exact) mass is 251 g/mol. The molecule has 0 spiro atoms. The summed E-state index contributed by atoms with van der Waals surface area (Å²) in [6, 6.07) is 8.26. The van der Waals surface area contributed by atoms with E-state index in [0.29, 0.717) is 16.7 Å². The summed E-state index contributed by atoms with van der Waals surface area (Å²) in [5.74, 6) is 0.602. The molecule has 17 heavy (non-hydrogen) atoms. The number of benzene rings is 1. The predicted molar refractivity (Wildman–Crippen MR) is 74.2 cm³/mol. The fourth-order valence-corrected chi connectivity index (χ4v) is 3.45. The quantitative estimate of drug-likeness (QED) is 0.867. The van der Waals surface area contributed by atoms with Gasteiger partial charge in [-0.3, -0.25) is 0 Å². The van der Waals surface area contributed by atoms with Crippen molar-refractivity contribution in [1.29, 1.82) is 0 Å². The van der Waals surface area contributed by atoms with Crippen molar-refractivity contribution >= 4 is 11.6 Å². The van der Waals surface area contributed by atoms with E-state index in [1.54, 1.807) is 0 Å². The van der Waals surface area contributed by atoms with Gasteiger partial charge in [0.2, 0.25) is 0 Å². The lowest BCUT2D eigenvalue weighted by molar-refractivity contribution is 0.457. The summed E-state index contributed by atoms with van der Waals surface area (Å²) < 4.78 is 0. The number of hydrogen-bond donors (Lipinski definition) is 1. The highest BCUT2D eigenvalue weighted by Crippen LogP contribution is 2.69. The van der Waals surface area contributed by atoms with Gasteiger partial charge in [-0.2, -0.15) is 0 Å². The van der Waals surface area contributed by atoms with E-state index in [1.165, 1.54) is 5.56 Å². The van der Waals surface area contributed by atoms with Crippen LogP contribution in [0.2, 0.25) is 5.02 Å². The zero-order valence-corrected chi connectivity index (χ0v) is 11.9. The van der Waals surface area contributed by atoms with Crippen LogP contribution in [0, 0.1) is 16.7 Å². The molecule has 1 aliphatic carbocycles. The molecule has 2 heteroatoms. The first-order chi connectivity index (χ1) is 7.76. The number of hydrogen-bond acceptors (Lipinski definition) is 1. The Labute approximate surface area is 109 Å². The summed E-state index contributed by atoms with van der Waals surface area (Å²) in [6.07, 6.45) is 0.939. The molecule has 1 aromatic rings. The van der Waals surface area contributed by atoms with Gasteiger partial charge in [0.05, 0.1) is 0 Å². The third-order valence-corrected chi connectivity index (χ3v) is 5.20. The van der Waals surface area contributed by atoms with Crippen molar-refractivity contribution in [3.63, 3.8) is 0 Å². The molecule has 2 N–H and O–H groups in total. The van der Waals surface area contributed by atoms with Crippen LogP contribution in [0.25, 0.3) is 0 Å². The van der Waals surface area contributed by atoms with E-state index in [9.17, 15) is 0 Å². The Balaban J connectivity index is 2.04. The van der Waals surface area contributed by atoms with E-state index in [4.69, 9.17) is 17.3 Å². The summed E-state index contributed by atoms with van der Waals surface area (Å²) in [5, 5.41) is 0.786. The largest absolute Gasteiger partial charge is 0.327 e. The van der Waals surface area contributed by atoms with E-state index in [2.05, 4.69) is 39.8 Å². The van der Waals surface area contributed by atoms with Crippen molar-refractivity contribution in [2.24, 2.45) is 22.5 Å². The van der Waals surface area contributed by atoms with Crippen molar-refractivity contribution in [3.8, 4) is 0 Å². The molecule has 94 valence electrons. The first-order valence-corrected chi connectivity index (χ1v) is 6.64. The lowest BCUT2D eigenvalue weighted by Crippen LogP contribution is -2.28. The van der Waals surface area contributed by atoms with Crippen molar-refractivity contribution in [2.75, 3.05) is 0 Å². The number of rotatable bonds is 3. The first kappa shape index (κ1) is 12.9. The van der Waals surface area contributed by atoms with E-state index in [0.717, 1.165) is 11.4 Å². The Bertz CT molecular complexity index is 391. The van der Waals surface area contributed by atoms with Crippen LogP contribution in [0.1, 0.15) is 33.3 Å². The van der Waals surface area contributed by atoms with Crippen LogP contribution in [0.5, 0.6) is 0 Å². The minimum absolute atomic E-state index is 0.237. The average molecular weight is 252 g/mol. The highest BCUT2D eigenvalue weighted by Gasteiger charge is 2.66. The van der Waals surface area contributed by atoms with E-state index in [1.807, 2.05) is 12.1 Å².